The maximum absolute atomic E-state index is 12.6. The summed E-state index contributed by atoms with van der Waals surface area (Å²) in [6, 6.07) is 7.65. The van der Waals surface area contributed by atoms with Gasteiger partial charge in [-0.1, -0.05) is 23.9 Å². The first-order chi connectivity index (χ1) is 11.1. The van der Waals surface area contributed by atoms with Crippen LogP contribution in [-0.4, -0.2) is 39.2 Å². The van der Waals surface area contributed by atoms with E-state index in [1.54, 1.807) is 0 Å². The molecule has 1 aromatic heterocycles. The van der Waals surface area contributed by atoms with Crippen LogP contribution in [0.3, 0.4) is 0 Å². The predicted molar refractivity (Wildman–Crippen MR) is 96.7 cm³/mol. The van der Waals surface area contributed by atoms with E-state index >= 15 is 0 Å². The minimum Gasteiger partial charge on any atom is -0.339 e. The number of thioether (sulfide) groups is 1. The van der Waals surface area contributed by atoms with E-state index < -0.39 is 0 Å². The number of halogens is 1. The van der Waals surface area contributed by atoms with Crippen molar-refractivity contribution >= 4 is 33.6 Å². The van der Waals surface area contributed by atoms with Crippen molar-refractivity contribution in [2.75, 3.05) is 18.8 Å². The fraction of sp³-hybridized carbons (Fsp3) is 0.412. The lowest BCUT2D eigenvalue weighted by atomic mass is 9.98. The minimum atomic E-state index is 0.132. The average Bonchev–Trinajstić information content (AvgIpc) is 2.98. The van der Waals surface area contributed by atoms with Crippen molar-refractivity contribution in [1.82, 2.24) is 14.5 Å². The summed E-state index contributed by atoms with van der Waals surface area (Å²) >= 11 is 5.28. The molecule has 6 heteroatoms. The van der Waals surface area contributed by atoms with Crippen LogP contribution in [0.15, 0.2) is 46.3 Å². The average molecular weight is 394 g/mol. The van der Waals surface area contributed by atoms with Gasteiger partial charge >= 0.3 is 0 Å². The highest BCUT2D eigenvalue weighted by molar-refractivity contribution is 9.10. The number of carbonyl (C=O) groups excluding carboxylic acids is 1. The molecular weight excluding hydrogens is 374 g/mol. The van der Waals surface area contributed by atoms with Gasteiger partial charge < -0.3 is 9.47 Å². The van der Waals surface area contributed by atoms with Crippen molar-refractivity contribution in [3.8, 4) is 0 Å². The van der Waals surface area contributed by atoms with Crippen molar-refractivity contribution in [3.05, 3.63) is 46.7 Å². The molecule has 23 heavy (non-hydrogen) atoms. The molecule has 1 aliphatic heterocycles. The zero-order valence-electron chi connectivity index (χ0n) is 13.1. The van der Waals surface area contributed by atoms with Gasteiger partial charge in [-0.25, -0.2) is 4.98 Å². The summed E-state index contributed by atoms with van der Waals surface area (Å²) in [6.07, 6.45) is 5.93. The fourth-order valence-electron chi connectivity index (χ4n) is 2.79. The SMILES string of the molecule is Cn1ccnc1SCC1CCN(C(=O)c2ccccc2Br)CC1. The monoisotopic (exact) mass is 393 g/mol. The van der Waals surface area contributed by atoms with Gasteiger partial charge in [0, 0.05) is 42.8 Å². The van der Waals surface area contributed by atoms with Crippen LogP contribution in [0.4, 0.5) is 0 Å². The quantitative estimate of drug-likeness (QED) is 0.740. The number of nitrogens with zero attached hydrogens (tertiary/aromatic N) is 3. The summed E-state index contributed by atoms with van der Waals surface area (Å²) in [7, 11) is 2.02. The smallest absolute Gasteiger partial charge is 0.254 e. The molecule has 3 rings (SSSR count). The maximum atomic E-state index is 12.6. The Labute approximate surface area is 149 Å². The number of aryl methyl sites for hydroxylation is 1. The molecule has 0 aliphatic carbocycles. The predicted octanol–water partition coefficient (Wildman–Crippen LogP) is 3.83. The molecular formula is C17H20BrN3OS. The van der Waals surface area contributed by atoms with Crippen LogP contribution in [0.5, 0.6) is 0 Å². The molecule has 1 amide bonds. The normalized spacial score (nSPS) is 15.8. The second-order valence-electron chi connectivity index (χ2n) is 5.85. The van der Waals surface area contributed by atoms with Crippen molar-refractivity contribution < 1.29 is 4.79 Å². The Morgan fingerprint density at radius 3 is 2.74 bits per heavy atom. The molecule has 2 aromatic rings. The lowest BCUT2D eigenvalue weighted by molar-refractivity contribution is 0.0697. The fourth-order valence-corrected chi connectivity index (χ4v) is 4.36. The Bertz CT molecular complexity index is 680. The molecule has 1 aliphatic rings. The molecule has 0 unspecified atom stereocenters. The molecule has 0 N–H and O–H groups in total. The van der Waals surface area contributed by atoms with E-state index in [4.69, 9.17) is 0 Å². The first-order valence-electron chi connectivity index (χ1n) is 7.79. The number of likely N-dealkylation sites (tertiary alicyclic amines) is 1. The number of piperidine rings is 1. The lowest BCUT2D eigenvalue weighted by Crippen LogP contribution is -2.39. The van der Waals surface area contributed by atoms with Crippen LogP contribution in [0, 0.1) is 5.92 Å². The Hall–Kier alpha value is -1.27. The number of aromatic nitrogens is 2. The Kier molecular flexibility index (Phi) is 5.43. The molecule has 0 bridgehead atoms. The molecule has 0 saturated carbocycles. The van der Waals surface area contributed by atoms with Crippen LogP contribution in [0.2, 0.25) is 0 Å². The largest absolute Gasteiger partial charge is 0.339 e. The van der Waals surface area contributed by atoms with Gasteiger partial charge in [-0.2, -0.15) is 0 Å². The van der Waals surface area contributed by atoms with Crippen LogP contribution >= 0.6 is 27.7 Å². The highest BCUT2D eigenvalue weighted by Gasteiger charge is 2.24. The van der Waals surface area contributed by atoms with Crippen molar-refractivity contribution in [1.29, 1.82) is 0 Å². The Morgan fingerprint density at radius 2 is 2.09 bits per heavy atom. The number of carbonyl (C=O) groups is 1. The minimum absolute atomic E-state index is 0.132. The third-order valence-electron chi connectivity index (χ3n) is 4.23. The third-order valence-corrected chi connectivity index (χ3v) is 6.21. The summed E-state index contributed by atoms with van der Waals surface area (Å²) in [6.45, 7) is 1.68. The van der Waals surface area contributed by atoms with Gasteiger partial charge in [-0.05, 0) is 46.8 Å². The Balaban J connectivity index is 1.51. The topological polar surface area (TPSA) is 38.1 Å². The van der Waals surface area contributed by atoms with E-state index in [0.29, 0.717) is 5.92 Å². The van der Waals surface area contributed by atoms with Crippen LogP contribution in [0.1, 0.15) is 23.2 Å². The summed E-state index contributed by atoms with van der Waals surface area (Å²) in [5.41, 5.74) is 0.758. The molecule has 0 radical (unpaired) electrons. The van der Waals surface area contributed by atoms with Crippen molar-refractivity contribution in [2.24, 2.45) is 13.0 Å². The summed E-state index contributed by atoms with van der Waals surface area (Å²) in [5.74, 6) is 1.86. The van der Waals surface area contributed by atoms with E-state index in [0.717, 1.165) is 46.9 Å². The van der Waals surface area contributed by atoms with Gasteiger partial charge in [0.05, 0.1) is 5.56 Å². The van der Waals surface area contributed by atoms with Gasteiger partial charge in [-0.15, -0.1) is 0 Å². The molecule has 122 valence electrons. The van der Waals surface area contributed by atoms with Gasteiger partial charge in [0.15, 0.2) is 5.16 Å². The number of imidazole rings is 1. The highest BCUT2D eigenvalue weighted by atomic mass is 79.9. The van der Waals surface area contributed by atoms with Crippen LogP contribution < -0.4 is 0 Å². The van der Waals surface area contributed by atoms with Crippen LogP contribution in [0.25, 0.3) is 0 Å². The van der Waals surface area contributed by atoms with Crippen molar-refractivity contribution in [3.63, 3.8) is 0 Å². The lowest BCUT2D eigenvalue weighted by Gasteiger charge is -2.32. The first kappa shape index (κ1) is 16.6. The molecule has 4 nitrogen and oxygen atoms in total. The van der Waals surface area contributed by atoms with E-state index in [1.807, 2.05) is 60.4 Å². The van der Waals surface area contributed by atoms with E-state index in [1.165, 1.54) is 0 Å². The number of amides is 1. The number of hydrogen-bond donors (Lipinski definition) is 0. The van der Waals surface area contributed by atoms with Gasteiger partial charge in [0.1, 0.15) is 0 Å². The van der Waals surface area contributed by atoms with E-state index in [9.17, 15) is 4.79 Å². The molecule has 0 spiro atoms. The van der Waals surface area contributed by atoms with Crippen molar-refractivity contribution in [2.45, 2.75) is 18.0 Å². The van der Waals surface area contributed by atoms with Crippen LogP contribution in [-0.2, 0) is 7.05 Å². The molecule has 2 heterocycles. The summed E-state index contributed by atoms with van der Waals surface area (Å²) < 4.78 is 2.92. The maximum Gasteiger partial charge on any atom is 0.254 e. The second-order valence-corrected chi connectivity index (χ2v) is 7.69. The van der Waals surface area contributed by atoms with Gasteiger partial charge in [0.25, 0.3) is 5.91 Å². The summed E-state index contributed by atoms with van der Waals surface area (Å²) in [5, 5.41) is 1.07. The third kappa shape index (κ3) is 3.98. The number of rotatable bonds is 4. The molecule has 1 saturated heterocycles. The van der Waals surface area contributed by atoms with Gasteiger partial charge in [0.2, 0.25) is 0 Å². The number of hydrogen-bond acceptors (Lipinski definition) is 3. The molecule has 0 atom stereocenters. The molecule has 1 aromatic carbocycles. The van der Waals surface area contributed by atoms with E-state index in [-0.39, 0.29) is 5.91 Å². The number of benzene rings is 1. The highest BCUT2D eigenvalue weighted by Crippen LogP contribution is 2.27. The zero-order valence-corrected chi connectivity index (χ0v) is 15.5. The molecule has 1 fully saturated rings. The Morgan fingerprint density at radius 1 is 1.35 bits per heavy atom. The zero-order chi connectivity index (χ0) is 16.2. The summed E-state index contributed by atoms with van der Waals surface area (Å²) in [4.78, 5) is 18.9. The van der Waals surface area contributed by atoms with E-state index in [2.05, 4.69) is 25.5 Å². The second kappa shape index (κ2) is 7.53. The first-order valence-corrected chi connectivity index (χ1v) is 9.57. The standard InChI is InChI=1S/C17H20BrN3OS/c1-20-11-8-19-17(20)23-12-13-6-9-21(10-7-13)16(22)14-4-2-3-5-15(14)18/h2-5,8,11,13H,6-7,9-10,12H2,1H3. The van der Waals surface area contributed by atoms with Gasteiger partial charge in [-0.3, -0.25) is 4.79 Å².